The number of anilines is 3. The van der Waals surface area contributed by atoms with Gasteiger partial charge in [-0.05, 0) is 64.0 Å². The smallest absolute Gasteiger partial charge is 0.260 e. The van der Waals surface area contributed by atoms with Gasteiger partial charge in [-0.15, -0.1) is 0 Å². The standard InChI is InChI=1S/C42H28BNO2/c1-5-15-29(16-6-1)31-25-35(30-17-7-2-8-18-30)42-37(26-31)43-36-23-13-14-24-38(36)45-39-27-34(28-40(46-42)41(39)43)44(32-19-9-3-10-20-32)33-21-11-4-12-22-33/h1-28H. The maximum atomic E-state index is 7.07. The van der Waals surface area contributed by atoms with Crippen molar-refractivity contribution in [2.45, 2.75) is 0 Å². The first-order chi connectivity index (χ1) is 22.8. The molecule has 216 valence electrons. The van der Waals surface area contributed by atoms with Gasteiger partial charge in [-0.3, -0.25) is 0 Å². The molecule has 0 radical (unpaired) electrons. The molecule has 2 aliphatic heterocycles. The molecule has 9 rings (SSSR count). The highest BCUT2D eigenvalue weighted by molar-refractivity contribution is 6.98. The third kappa shape index (κ3) is 4.38. The zero-order valence-corrected chi connectivity index (χ0v) is 25.0. The Balaban J connectivity index is 1.31. The van der Waals surface area contributed by atoms with Crippen LogP contribution in [0.5, 0.6) is 23.0 Å². The number of hydrogen-bond donors (Lipinski definition) is 0. The number of ether oxygens (including phenoxy) is 2. The minimum Gasteiger partial charge on any atom is -0.458 e. The molecule has 4 heteroatoms. The molecule has 0 saturated heterocycles. The average Bonchev–Trinajstić information content (AvgIpc) is 3.13. The second-order valence-electron chi connectivity index (χ2n) is 11.7. The summed E-state index contributed by atoms with van der Waals surface area (Å²) in [6, 6.07) is 59.4. The molecule has 0 aromatic heterocycles. The molecule has 0 fully saturated rings. The van der Waals surface area contributed by atoms with Crippen molar-refractivity contribution in [3.8, 4) is 45.3 Å². The van der Waals surface area contributed by atoms with Crippen LogP contribution in [-0.2, 0) is 0 Å². The fraction of sp³-hybridized carbons (Fsp3) is 0. The van der Waals surface area contributed by atoms with E-state index in [1.807, 2.05) is 18.2 Å². The van der Waals surface area contributed by atoms with Crippen LogP contribution < -0.4 is 30.8 Å². The van der Waals surface area contributed by atoms with Crippen LogP contribution in [0.2, 0.25) is 0 Å². The monoisotopic (exact) mass is 589 g/mol. The van der Waals surface area contributed by atoms with Crippen LogP contribution in [-0.4, -0.2) is 6.71 Å². The molecule has 2 aliphatic rings. The number of hydrogen-bond acceptors (Lipinski definition) is 3. The van der Waals surface area contributed by atoms with E-state index < -0.39 is 0 Å². The topological polar surface area (TPSA) is 21.7 Å². The van der Waals surface area contributed by atoms with Crippen molar-refractivity contribution in [2.24, 2.45) is 0 Å². The van der Waals surface area contributed by atoms with Gasteiger partial charge in [0.15, 0.2) is 0 Å². The van der Waals surface area contributed by atoms with Gasteiger partial charge in [-0.25, -0.2) is 0 Å². The summed E-state index contributed by atoms with van der Waals surface area (Å²) in [4.78, 5) is 2.26. The Bertz CT molecular complexity index is 2160. The zero-order valence-electron chi connectivity index (χ0n) is 25.0. The van der Waals surface area contributed by atoms with Crippen molar-refractivity contribution in [3.05, 3.63) is 170 Å². The van der Waals surface area contributed by atoms with Crippen molar-refractivity contribution < 1.29 is 9.47 Å². The predicted molar refractivity (Wildman–Crippen MR) is 190 cm³/mol. The van der Waals surface area contributed by atoms with Crippen molar-refractivity contribution in [3.63, 3.8) is 0 Å². The Hall–Kier alpha value is -6.00. The molecule has 7 aromatic rings. The Morgan fingerprint density at radius 3 is 1.59 bits per heavy atom. The van der Waals surface area contributed by atoms with E-state index in [2.05, 4.69) is 157 Å². The van der Waals surface area contributed by atoms with Crippen molar-refractivity contribution in [2.75, 3.05) is 4.90 Å². The summed E-state index contributed by atoms with van der Waals surface area (Å²) >= 11 is 0. The van der Waals surface area contributed by atoms with Crippen molar-refractivity contribution in [1.82, 2.24) is 0 Å². The van der Waals surface area contributed by atoms with Crippen LogP contribution in [0.15, 0.2) is 170 Å². The minimum absolute atomic E-state index is 0.0548. The quantitative estimate of drug-likeness (QED) is 0.187. The van der Waals surface area contributed by atoms with Crippen LogP contribution >= 0.6 is 0 Å². The molecule has 0 amide bonds. The Labute approximate surface area is 269 Å². The second-order valence-corrected chi connectivity index (χ2v) is 11.7. The molecule has 46 heavy (non-hydrogen) atoms. The molecule has 7 aromatic carbocycles. The summed E-state index contributed by atoms with van der Waals surface area (Å²) in [6.07, 6.45) is 0. The molecule has 0 aliphatic carbocycles. The van der Waals surface area contributed by atoms with Gasteiger partial charge in [0.25, 0.3) is 6.71 Å². The molecular weight excluding hydrogens is 561 g/mol. The number of para-hydroxylation sites is 3. The lowest BCUT2D eigenvalue weighted by Crippen LogP contribution is -2.57. The first-order valence-corrected chi connectivity index (χ1v) is 15.6. The van der Waals surface area contributed by atoms with Gasteiger partial charge < -0.3 is 14.4 Å². The Morgan fingerprint density at radius 2 is 0.935 bits per heavy atom. The van der Waals surface area contributed by atoms with Gasteiger partial charge in [0.05, 0.1) is 5.69 Å². The Kier molecular flexibility index (Phi) is 6.24. The first-order valence-electron chi connectivity index (χ1n) is 15.6. The van der Waals surface area contributed by atoms with Gasteiger partial charge >= 0.3 is 0 Å². The maximum absolute atomic E-state index is 7.07. The molecule has 3 nitrogen and oxygen atoms in total. The van der Waals surface area contributed by atoms with E-state index in [1.54, 1.807) is 0 Å². The summed E-state index contributed by atoms with van der Waals surface area (Å²) in [5.41, 5.74) is 10.9. The lowest BCUT2D eigenvalue weighted by atomic mass is 9.34. The second kappa shape index (κ2) is 10.9. The highest BCUT2D eigenvalue weighted by Gasteiger charge is 2.42. The first kappa shape index (κ1) is 26.4. The van der Waals surface area contributed by atoms with Gasteiger partial charge in [0.2, 0.25) is 0 Å². The van der Waals surface area contributed by atoms with E-state index in [9.17, 15) is 0 Å². The molecule has 0 unspecified atom stereocenters. The van der Waals surface area contributed by atoms with Crippen LogP contribution in [0.4, 0.5) is 17.1 Å². The fourth-order valence-corrected chi connectivity index (χ4v) is 6.90. The van der Waals surface area contributed by atoms with Crippen LogP contribution in [0.25, 0.3) is 22.3 Å². The summed E-state index contributed by atoms with van der Waals surface area (Å²) in [5.74, 6) is 3.37. The molecule has 0 atom stereocenters. The van der Waals surface area contributed by atoms with Crippen LogP contribution in [0, 0.1) is 0 Å². The van der Waals surface area contributed by atoms with Gasteiger partial charge in [0, 0.05) is 34.5 Å². The van der Waals surface area contributed by atoms with Gasteiger partial charge in [0.1, 0.15) is 23.0 Å². The summed E-state index contributed by atoms with van der Waals surface area (Å²) in [5, 5.41) is 0. The van der Waals surface area contributed by atoms with E-state index in [0.29, 0.717) is 0 Å². The lowest BCUT2D eigenvalue weighted by Gasteiger charge is -2.36. The minimum atomic E-state index is -0.0548. The number of rotatable bonds is 5. The average molecular weight is 590 g/mol. The van der Waals surface area contributed by atoms with Gasteiger partial charge in [-0.2, -0.15) is 0 Å². The van der Waals surface area contributed by atoms with Gasteiger partial charge in [-0.1, -0.05) is 121 Å². The molecule has 2 heterocycles. The van der Waals surface area contributed by atoms with Crippen LogP contribution in [0.1, 0.15) is 0 Å². The number of nitrogens with zero attached hydrogens (tertiary/aromatic N) is 1. The predicted octanol–water partition coefficient (Wildman–Crippen LogP) is 9.22. The van der Waals surface area contributed by atoms with E-state index in [4.69, 9.17) is 9.47 Å². The highest BCUT2D eigenvalue weighted by Crippen LogP contribution is 2.45. The zero-order chi connectivity index (χ0) is 30.5. The SMILES string of the molecule is c1ccc(-c2cc3c(c(-c4ccccc4)c2)Oc2cc(N(c4ccccc4)c4ccccc4)cc4c2B3c2ccccc2O4)cc1. The number of fused-ring (bicyclic) bond motifs is 4. The van der Waals surface area contributed by atoms with E-state index in [0.717, 1.165) is 73.1 Å². The largest absolute Gasteiger partial charge is 0.458 e. The normalized spacial score (nSPS) is 12.2. The molecule has 0 spiro atoms. The molecule has 0 saturated carbocycles. The lowest BCUT2D eigenvalue weighted by molar-refractivity contribution is 0.465. The highest BCUT2D eigenvalue weighted by atomic mass is 16.5. The Morgan fingerprint density at radius 1 is 0.391 bits per heavy atom. The van der Waals surface area contributed by atoms with E-state index in [1.165, 1.54) is 5.56 Å². The molecule has 0 N–H and O–H groups in total. The van der Waals surface area contributed by atoms with E-state index in [-0.39, 0.29) is 6.71 Å². The molecule has 0 bridgehead atoms. The van der Waals surface area contributed by atoms with Crippen molar-refractivity contribution >= 4 is 40.2 Å². The summed E-state index contributed by atoms with van der Waals surface area (Å²) < 4.78 is 13.8. The van der Waals surface area contributed by atoms with Crippen LogP contribution in [0.3, 0.4) is 0 Å². The third-order valence-electron chi connectivity index (χ3n) is 8.95. The summed E-state index contributed by atoms with van der Waals surface area (Å²) in [7, 11) is 0. The van der Waals surface area contributed by atoms with Crippen molar-refractivity contribution in [1.29, 1.82) is 0 Å². The summed E-state index contributed by atoms with van der Waals surface area (Å²) in [6.45, 7) is -0.0548. The van der Waals surface area contributed by atoms with E-state index >= 15 is 0 Å². The maximum Gasteiger partial charge on any atom is 0.260 e. The number of benzene rings is 7. The third-order valence-corrected chi connectivity index (χ3v) is 8.95. The fourth-order valence-electron chi connectivity index (χ4n) is 6.90. The molecular formula is C42H28BNO2.